The molecule has 144 valence electrons. The molecule has 0 spiro atoms. The Kier molecular flexibility index (Phi) is 5.84. The Bertz CT molecular complexity index is 632. The Hall–Kier alpha value is -1.64. The van der Waals surface area contributed by atoms with Crippen molar-refractivity contribution in [2.45, 2.75) is 31.2 Å². The second-order valence-electron chi connectivity index (χ2n) is 6.74. The smallest absolute Gasteiger partial charge is 0.381 e. The van der Waals surface area contributed by atoms with Crippen LogP contribution in [0.1, 0.15) is 30.1 Å². The van der Waals surface area contributed by atoms with Gasteiger partial charge in [-0.05, 0) is 36.5 Å². The normalized spacial score (nSPS) is 23.7. The Morgan fingerprint density at radius 1 is 1.23 bits per heavy atom. The van der Waals surface area contributed by atoms with Crippen LogP contribution in [0.3, 0.4) is 0 Å². The van der Waals surface area contributed by atoms with E-state index in [0.717, 1.165) is 25.0 Å². The molecule has 0 bridgehead atoms. The van der Waals surface area contributed by atoms with Crippen LogP contribution in [-0.4, -0.2) is 49.8 Å². The van der Waals surface area contributed by atoms with Gasteiger partial charge in [0, 0.05) is 19.8 Å². The molecule has 2 fully saturated rings. The van der Waals surface area contributed by atoms with Crippen LogP contribution in [0, 0.1) is 5.92 Å². The molecule has 0 aromatic heterocycles. The Balaban J connectivity index is 1.68. The maximum Gasteiger partial charge on any atom is 0.416 e. The SMILES string of the molecule is NC(C(=O)N1CCOC(c2cccc(C(F)(F)F)c2)C1)C1CCOCC1. The van der Waals surface area contributed by atoms with Crippen molar-refractivity contribution in [3.8, 4) is 0 Å². The van der Waals surface area contributed by atoms with Gasteiger partial charge < -0.3 is 20.1 Å². The molecule has 1 amide bonds. The van der Waals surface area contributed by atoms with Gasteiger partial charge in [0.1, 0.15) is 6.10 Å². The number of halogens is 3. The minimum atomic E-state index is -4.41. The molecule has 1 aromatic rings. The number of ether oxygens (including phenoxy) is 2. The number of benzene rings is 1. The lowest BCUT2D eigenvalue weighted by molar-refractivity contribution is -0.143. The van der Waals surface area contributed by atoms with Gasteiger partial charge in [-0.15, -0.1) is 0 Å². The topological polar surface area (TPSA) is 64.8 Å². The molecule has 3 rings (SSSR count). The molecule has 2 saturated heterocycles. The van der Waals surface area contributed by atoms with Gasteiger partial charge in [0.2, 0.25) is 5.91 Å². The number of carbonyl (C=O) groups excluding carboxylic acids is 1. The van der Waals surface area contributed by atoms with Crippen LogP contribution < -0.4 is 5.73 Å². The Morgan fingerprint density at radius 2 is 1.96 bits per heavy atom. The molecule has 2 aliphatic rings. The zero-order valence-electron chi connectivity index (χ0n) is 14.4. The first-order valence-electron chi connectivity index (χ1n) is 8.77. The maximum absolute atomic E-state index is 12.9. The first-order valence-corrected chi connectivity index (χ1v) is 8.77. The van der Waals surface area contributed by atoms with E-state index in [1.165, 1.54) is 6.07 Å². The van der Waals surface area contributed by atoms with Crippen LogP contribution in [0.2, 0.25) is 0 Å². The highest BCUT2D eigenvalue weighted by atomic mass is 19.4. The second-order valence-corrected chi connectivity index (χ2v) is 6.74. The average Bonchev–Trinajstić information content (AvgIpc) is 2.67. The number of hydrogen-bond donors (Lipinski definition) is 1. The van der Waals surface area contributed by atoms with Crippen LogP contribution in [0.5, 0.6) is 0 Å². The monoisotopic (exact) mass is 372 g/mol. The summed E-state index contributed by atoms with van der Waals surface area (Å²) in [4.78, 5) is 14.3. The lowest BCUT2D eigenvalue weighted by Crippen LogP contribution is -2.52. The largest absolute Gasteiger partial charge is 0.416 e. The van der Waals surface area contributed by atoms with Gasteiger partial charge in [-0.2, -0.15) is 13.2 Å². The molecule has 2 heterocycles. The van der Waals surface area contributed by atoms with E-state index in [1.807, 2.05) is 0 Å². The van der Waals surface area contributed by atoms with Gasteiger partial charge in [-0.25, -0.2) is 0 Å². The molecule has 26 heavy (non-hydrogen) atoms. The highest BCUT2D eigenvalue weighted by molar-refractivity contribution is 5.82. The van der Waals surface area contributed by atoms with Crippen LogP contribution in [0.15, 0.2) is 24.3 Å². The fourth-order valence-electron chi connectivity index (χ4n) is 3.45. The van der Waals surface area contributed by atoms with E-state index in [0.29, 0.717) is 25.3 Å². The van der Waals surface area contributed by atoms with Crippen LogP contribution in [0.4, 0.5) is 13.2 Å². The quantitative estimate of drug-likeness (QED) is 0.885. The zero-order valence-corrected chi connectivity index (χ0v) is 14.4. The summed E-state index contributed by atoms with van der Waals surface area (Å²) in [5, 5.41) is 0. The standard InChI is InChI=1S/C18H23F3N2O3/c19-18(20,21)14-3-1-2-13(10-14)15-11-23(6-9-26-15)17(24)16(22)12-4-7-25-8-5-12/h1-3,10,12,15-16H,4-9,11,22H2. The fraction of sp³-hybridized carbons (Fsp3) is 0.611. The molecule has 2 N–H and O–H groups in total. The molecular weight excluding hydrogens is 349 g/mol. The molecule has 0 radical (unpaired) electrons. The predicted molar refractivity (Wildman–Crippen MR) is 88.2 cm³/mol. The molecule has 1 aromatic carbocycles. The van der Waals surface area contributed by atoms with Crippen molar-refractivity contribution in [3.05, 3.63) is 35.4 Å². The number of nitrogens with two attached hydrogens (primary N) is 1. The molecule has 0 aliphatic carbocycles. The van der Waals surface area contributed by atoms with E-state index in [9.17, 15) is 18.0 Å². The first kappa shape index (κ1) is 19.1. The molecular formula is C18H23F3N2O3. The highest BCUT2D eigenvalue weighted by Crippen LogP contribution is 2.32. The van der Waals surface area contributed by atoms with Crippen LogP contribution in [-0.2, 0) is 20.4 Å². The van der Waals surface area contributed by atoms with Crippen molar-refractivity contribution in [2.75, 3.05) is 32.9 Å². The van der Waals surface area contributed by atoms with Crippen molar-refractivity contribution in [3.63, 3.8) is 0 Å². The van der Waals surface area contributed by atoms with E-state index < -0.39 is 23.9 Å². The molecule has 2 unspecified atom stereocenters. The van der Waals surface area contributed by atoms with Gasteiger partial charge in [-0.3, -0.25) is 4.79 Å². The number of alkyl halides is 3. The van der Waals surface area contributed by atoms with E-state index >= 15 is 0 Å². The molecule has 0 saturated carbocycles. The Labute approximate surface area is 150 Å². The number of carbonyl (C=O) groups is 1. The minimum Gasteiger partial charge on any atom is -0.381 e. The molecule has 2 aliphatic heterocycles. The van der Waals surface area contributed by atoms with Gasteiger partial charge in [0.25, 0.3) is 0 Å². The number of morpholine rings is 1. The van der Waals surface area contributed by atoms with Crippen molar-refractivity contribution in [1.29, 1.82) is 0 Å². The summed E-state index contributed by atoms with van der Waals surface area (Å²) in [7, 11) is 0. The van der Waals surface area contributed by atoms with Crippen molar-refractivity contribution in [2.24, 2.45) is 11.7 Å². The van der Waals surface area contributed by atoms with Gasteiger partial charge in [0.05, 0.1) is 24.8 Å². The summed E-state index contributed by atoms with van der Waals surface area (Å²) in [5.41, 5.74) is 5.84. The van der Waals surface area contributed by atoms with Gasteiger partial charge in [-0.1, -0.05) is 12.1 Å². The summed E-state index contributed by atoms with van der Waals surface area (Å²) in [5.74, 6) is -0.0942. The third-order valence-electron chi connectivity index (χ3n) is 5.02. The number of hydrogen-bond acceptors (Lipinski definition) is 4. The predicted octanol–water partition coefficient (Wildman–Crippen LogP) is 2.36. The van der Waals surface area contributed by atoms with Gasteiger partial charge >= 0.3 is 6.18 Å². The van der Waals surface area contributed by atoms with Crippen molar-refractivity contribution in [1.82, 2.24) is 4.90 Å². The maximum atomic E-state index is 12.9. The summed E-state index contributed by atoms with van der Waals surface area (Å²) in [6.07, 6.45) is -3.51. The van der Waals surface area contributed by atoms with Crippen molar-refractivity contribution < 1.29 is 27.4 Å². The van der Waals surface area contributed by atoms with Crippen LogP contribution >= 0.6 is 0 Å². The lowest BCUT2D eigenvalue weighted by Gasteiger charge is -2.37. The third-order valence-corrected chi connectivity index (χ3v) is 5.02. The number of rotatable bonds is 3. The average molecular weight is 372 g/mol. The summed E-state index contributed by atoms with van der Waals surface area (Å²) >= 11 is 0. The number of amides is 1. The van der Waals surface area contributed by atoms with E-state index in [2.05, 4.69) is 0 Å². The van der Waals surface area contributed by atoms with Gasteiger partial charge in [0.15, 0.2) is 0 Å². The summed E-state index contributed by atoms with van der Waals surface area (Å²) in [6, 6.07) is 4.44. The lowest BCUT2D eigenvalue weighted by atomic mass is 9.91. The summed E-state index contributed by atoms with van der Waals surface area (Å²) < 4.78 is 49.7. The van der Waals surface area contributed by atoms with Crippen molar-refractivity contribution >= 4 is 5.91 Å². The molecule has 5 nitrogen and oxygen atoms in total. The highest BCUT2D eigenvalue weighted by Gasteiger charge is 2.34. The molecule has 2 atom stereocenters. The number of nitrogens with zero attached hydrogens (tertiary/aromatic N) is 1. The second kappa shape index (κ2) is 7.94. The summed E-state index contributed by atoms with van der Waals surface area (Å²) in [6.45, 7) is 2.07. The van der Waals surface area contributed by atoms with E-state index in [1.54, 1.807) is 11.0 Å². The molecule has 8 heteroatoms. The fourth-order valence-corrected chi connectivity index (χ4v) is 3.45. The third kappa shape index (κ3) is 4.36. The van der Waals surface area contributed by atoms with Crippen LogP contribution in [0.25, 0.3) is 0 Å². The van der Waals surface area contributed by atoms with E-state index in [-0.39, 0.29) is 25.0 Å². The Morgan fingerprint density at radius 3 is 2.65 bits per heavy atom. The zero-order chi connectivity index (χ0) is 18.7. The van der Waals surface area contributed by atoms with E-state index in [4.69, 9.17) is 15.2 Å². The minimum absolute atomic E-state index is 0.0751. The first-order chi connectivity index (χ1) is 12.4.